The van der Waals surface area contributed by atoms with Crippen molar-refractivity contribution in [3.63, 3.8) is 0 Å². The molecule has 0 spiro atoms. The minimum Gasteiger partial charge on any atom is -0.347 e. The molecule has 1 aliphatic carbocycles. The van der Waals surface area contributed by atoms with Crippen molar-refractivity contribution >= 4 is 28.5 Å². The van der Waals surface area contributed by atoms with E-state index in [1.165, 1.54) is 6.42 Å². The largest absolute Gasteiger partial charge is 0.347 e. The Morgan fingerprint density at radius 3 is 2.62 bits per heavy atom. The summed E-state index contributed by atoms with van der Waals surface area (Å²) < 4.78 is 1.02. The number of hydrogen-bond donors (Lipinski definition) is 1. The number of carbonyl (C=O) groups is 1. The molecule has 1 fully saturated rings. The highest BCUT2D eigenvalue weighted by Gasteiger charge is 2.36. The first-order chi connectivity index (χ1) is 7.67. The van der Waals surface area contributed by atoms with Gasteiger partial charge in [-0.3, -0.25) is 4.79 Å². The van der Waals surface area contributed by atoms with Crippen molar-refractivity contribution in [1.82, 2.24) is 5.32 Å². The maximum atomic E-state index is 12.1. The quantitative estimate of drug-likeness (QED) is 0.847. The molecular formula is C13H16INO. The Morgan fingerprint density at radius 2 is 2.12 bits per heavy atom. The second kappa shape index (κ2) is 4.73. The van der Waals surface area contributed by atoms with Crippen LogP contribution in [-0.2, 0) is 0 Å². The van der Waals surface area contributed by atoms with E-state index < -0.39 is 0 Å². The van der Waals surface area contributed by atoms with Crippen LogP contribution in [0, 0.1) is 3.57 Å². The maximum Gasteiger partial charge on any atom is 0.252 e. The van der Waals surface area contributed by atoms with Gasteiger partial charge < -0.3 is 5.32 Å². The number of nitrogens with one attached hydrogen (secondary N) is 1. The first kappa shape index (κ1) is 11.9. The molecule has 0 atom stereocenters. The zero-order valence-electron chi connectivity index (χ0n) is 9.42. The summed E-state index contributed by atoms with van der Waals surface area (Å²) in [6.07, 6.45) is 4.51. The zero-order valence-corrected chi connectivity index (χ0v) is 11.6. The number of carbonyl (C=O) groups excluding carboxylic acids is 1. The second-order valence-electron chi connectivity index (χ2n) is 4.42. The summed E-state index contributed by atoms with van der Waals surface area (Å²) >= 11 is 2.21. The fourth-order valence-corrected chi connectivity index (χ4v) is 2.76. The first-order valence-corrected chi connectivity index (χ1v) is 6.82. The van der Waals surface area contributed by atoms with Crippen molar-refractivity contribution < 1.29 is 4.79 Å². The predicted molar refractivity (Wildman–Crippen MR) is 73.5 cm³/mol. The number of halogens is 1. The van der Waals surface area contributed by atoms with Crippen LogP contribution in [0.2, 0.25) is 0 Å². The lowest BCUT2D eigenvalue weighted by Gasteiger charge is -2.42. The summed E-state index contributed by atoms with van der Waals surface area (Å²) in [4.78, 5) is 12.1. The Bertz CT molecular complexity index is 393. The van der Waals surface area contributed by atoms with E-state index in [0.717, 1.165) is 28.4 Å². The van der Waals surface area contributed by atoms with Gasteiger partial charge in [0.05, 0.1) is 5.56 Å². The van der Waals surface area contributed by atoms with Gasteiger partial charge in [0.15, 0.2) is 0 Å². The molecule has 1 aromatic rings. The molecule has 0 aromatic heterocycles. The van der Waals surface area contributed by atoms with Crippen molar-refractivity contribution in [3.05, 3.63) is 33.4 Å². The molecule has 1 N–H and O–H groups in total. The van der Waals surface area contributed by atoms with Crippen LogP contribution in [0.3, 0.4) is 0 Å². The lowest BCUT2D eigenvalue weighted by Crippen LogP contribution is -2.53. The van der Waals surface area contributed by atoms with Gasteiger partial charge in [0.25, 0.3) is 5.91 Å². The molecule has 0 bridgehead atoms. The molecule has 1 aromatic carbocycles. The second-order valence-corrected chi connectivity index (χ2v) is 5.58. The van der Waals surface area contributed by atoms with Gasteiger partial charge in [-0.1, -0.05) is 19.1 Å². The molecule has 3 heteroatoms. The van der Waals surface area contributed by atoms with Crippen LogP contribution in [0.1, 0.15) is 43.0 Å². The number of rotatable bonds is 3. The standard InChI is InChI=1S/C13H16INO/c1-2-13(8-5-9-13)15-12(16)10-6-3-4-7-11(10)14/h3-4,6-7H,2,5,8-9H2,1H3,(H,15,16). The smallest absolute Gasteiger partial charge is 0.252 e. The van der Waals surface area contributed by atoms with Crippen LogP contribution in [0.4, 0.5) is 0 Å². The van der Waals surface area contributed by atoms with Crippen molar-refractivity contribution in [3.8, 4) is 0 Å². The van der Waals surface area contributed by atoms with Gasteiger partial charge in [-0.05, 0) is 60.4 Å². The Balaban J connectivity index is 2.11. The average molecular weight is 329 g/mol. The Morgan fingerprint density at radius 1 is 1.44 bits per heavy atom. The van der Waals surface area contributed by atoms with Gasteiger partial charge >= 0.3 is 0 Å². The summed E-state index contributed by atoms with van der Waals surface area (Å²) in [5.74, 6) is 0.0755. The third-order valence-corrected chi connectivity index (χ3v) is 4.43. The summed E-state index contributed by atoms with van der Waals surface area (Å²) in [6.45, 7) is 2.15. The first-order valence-electron chi connectivity index (χ1n) is 5.74. The highest BCUT2D eigenvalue weighted by atomic mass is 127. The normalized spacial score (nSPS) is 17.6. The minimum absolute atomic E-state index is 0.0755. The predicted octanol–water partition coefficient (Wildman–Crippen LogP) is 3.35. The SMILES string of the molecule is CCC1(NC(=O)c2ccccc2I)CCC1. The highest BCUT2D eigenvalue weighted by molar-refractivity contribution is 14.1. The van der Waals surface area contributed by atoms with Crippen LogP contribution in [0.15, 0.2) is 24.3 Å². The van der Waals surface area contributed by atoms with Crippen molar-refractivity contribution in [2.24, 2.45) is 0 Å². The van der Waals surface area contributed by atoms with E-state index in [0.29, 0.717) is 0 Å². The van der Waals surface area contributed by atoms with E-state index in [-0.39, 0.29) is 11.4 Å². The summed E-state index contributed by atoms with van der Waals surface area (Å²) in [5.41, 5.74) is 0.874. The number of benzene rings is 1. The van der Waals surface area contributed by atoms with Crippen molar-refractivity contribution in [2.45, 2.75) is 38.1 Å². The number of amides is 1. The van der Waals surface area contributed by atoms with E-state index in [1.54, 1.807) is 0 Å². The number of hydrogen-bond acceptors (Lipinski definition) is 1. The molecule has 1 aliphatic rings. The Kier molecular flexibility index (Phi) is 3.52. The molecule has 1 amide bonds. The fraction of sp³-hybridized carbons (Fsp3) is 0.462. The van der Waals surface area contributed by atoms with Crippen LogP contribution in [-0.4, -0.2) is 11.4 Å². The Hall–Kier alpha value is -0.580. The van der Waals surface area contributed by atoms with E-state index in [9.17, 15) is 4.79 Å². The molecule has 86 valence electrons. The van der Waals surface area contributed by atoms with Gasteiger partial charge in [0.2, 0.25) is 0 Å². The minimum atomic E-state index is 0.0755. The highest BCUT2D eigenvalue weighted by Crippen LogP contribution is 2.34. The van der Waals surface area contributed by atoms with Gasteiger partial charge in [0, 0.05) is 9.11 Å². The van der Waals surface area contributed by atoms with Gasteiger partial charge in [0.1, 0.15) is 0 Å². The van der Waals surface area contributed by atoms with Gasteiger partial charge in [-0.2, -0.15) is 0 Å². The molecule has 16 heavy (non-hydrogen) atoms. The molecule has 2 rings (SSSR count). The van der Waals surface area contributed by atoms with Crippen LogP contribution >= 0.6 is 22.6 Å². The van der Waals surface area contributed by atoms with Crippen LogP contribution in [0.25, 0.3) is 0 Å². The third kappa shape index (κ3) is 2.24. The third-order valence-electron chi connectivity index (χ3n) is 3.48. The molecule has 2 nitrogen and oxygen atoms in total. The lowest BCUT2D eigenvalue weighted by atomic mass is 9.74. The average Bonchev–Trinajstić information content (AvgIpc) is 2.24. The molecule has 0 heterocycles. The molecule has 0 saturated heterocycles. The summed E-state index contributed by atoms with van der Waals surface area (Å²) in [5, 5.41) is 3.19. The van der Waals surface area contributed by atoms with Crippen molar-refractivity contribution in [1.29, 1.82) is 0 Å². The van der Waals surface area contributed by atoms with E-state index in [2.05, 4.69) is 34.8 Å². The molecular weight excluding hydrogens is 313 g/mol. The molecule has 0 unspecified atom stereocenters. The van der Waals surface area contributed by atoms with E-state index in [4.69, 9.17) is 0 Å². The lowest BCUT2D eigenvalue weighted by molar-refractivity contribution is 0.0819. The molecule has 1 saturated carbocycles. The van der Waals surface area contributed by atoms with Gasteiger partial charge in [-0.25, -0.2) is 0 Å². The zero-order chi connectivity index (χ0) is 11.6. The molecule has 0 aliphatic heterocycles. The van der Waals surface area contributed by atoms with Crippen LogP contribution in [0.5, 0.6) is 0 Å². The van der Waals surface area contributed by atoms with Gasteiger partial charge in [-0.15, -0.1) is 0 Å². The fourth-order valence-electron chi connectivity index (χ4n) is 2.12. The summed E-state index contributed by atoms with van der Waals surface area (Å²) in [6, 6.07) is 7.72. The summed E-state index contributed by atoms with van der Waals surface area (Å²) in [7, 11) is 0. The topological polar surface area (TPSA) is 29.1 Å². The maximum absolute atomic E-state index is 12.1. The monoisotopic (exact) mass is 329 g/mol. The van der Waals surface area contributed by atoms with Crippen LogP contribution < -0.4 is 5.32 Å². The Labute approximate surface area is 110 Å². The van der Waals surface area contributed by atoms with Crippen molar-refractivity contribution in [2.75, 3.05) is 0 Å². The molecule has 0 radical (unpaired) electrons. The van der Waals surface area contributed by atoms with E-state index in [1.807, 2.05) is 24.3 Å². The van der Waals surface area contributed by atoms with E-state index >= 15 is 0 Å².